The molecule has 2 atom stereocenters. The van der Waals surface area contributed by atoms with Crippen LogP contribution in [-0.4, -0.2) is 7.05 Å². The Balaban J connectivity index is 1.36. The smallest absolute Gasteiger partial charge is 0.141 e. The van der Waals surface area contributed by atoms with Gasteiger partial charge in [-0.2, -0.15) is 0 Å². The summed E-state index contributed by atoms with van der Waals surface area (Å²) in [6.45, 7) is 4.23. The fourth-order valence-corrected chi connectivity index (χ4v) is 5.71. The van der Waals surface area contributed by atoms with Gasteiger partial charge in [0.05, 0.1) is 6.04 Å². The van der Waals surface area contributed by atoms with Crippen LogP contribution in [0.15, 0.2) is 165 Å². The van der Waals surface area contributed by atoms with Crippen LogP contribution in [0, 0.1) is 0 Å². The van der Waals surface area contributed by atoms with Gasteiger partial charge in [-0.3, -0.25) is 5.32 Å². The molecule has 0 fully saturated rings. The Morgan fingerprint density at radius 2 is 1.50 bits per heavy atom. The lowest BCUT2D eigenvalue weighted by Gasteiger charge is -2.42. The Bertz CT molecular complexity index is 1780. The van der Waals surface area contributed by atoms with Crippen LogP contribution in [0.5, 0.6) is 0 Å². The molecule has 0 saturated heterocycles. The molecule has 3 heteroatoms. The van der Waals surface area contributed by atoms with Gasteiger partial charge in [0, 0.05) is 7.05 Å². The predicted molar refractivity (Wildman–Crippen MR) is 178 cm³/mol. The van der Waals surface area contributed by atoms with Crippen LogP contribution in [-0.2, 0) is 5.66 Å². The minimum absolute atomic E-state index is 0.0162. The third-order valence-corrected chi connectivity index (χ3v) is 7.88. The lowest BCUT2D eigenvalue weighted by molar-refractivity contribution is 0.317. The van der Waals surface area contributed by atoms with Crippen molar-refractivity contribution in [1.29, 1.82) is 0 Å². The fourth-order valence-electron chi connectivity index (χ4n) is 5.71. The van der Waals surface area contributed by atoms with Gasteiger partial charge in [-0.1, -0.05) is 134 Å². The average molecular weight is 546 g/mol. The molecule has 206 valence electrons. The molecule has 1 heterocycles. The summed E-state index contributed by atoms with van der Waals surface area (Å²) in [7, 11) is 1.88. The van der Waals surface area contributed by atoms with Gasteiger partial charge in [-0.15, -0.1) is 0 Å². The fraction of sp³-hybridized carbons (Fsp3) is 0.0769. The summed E-state index contributed by atoms with van der Waals surface area (Å²) >= 11 is 0. The van der Waals surface area contributed by atoms with E-state index in [0.717, 1.165) is 33.4 Å². The Morgan fingerprint density at radius 1 is 0.762 bits per heavy atom. The zero-order valence-electron chi connectivity index (χ0n) is 23.8. The first-order chi connectivity index (χ1) is 20.7. The molecule has 0 saturated carbocycles. The summed E-state index contributed by atoms with van der Waals surface area (Å²) in [5.41, 5.74) is 7.34. The van der Waals surface area contributed by atoms with Crippen LogP contribution in [0.25, 0.3) is 27.5 Å². The average Bonchev–Trinajstić information content (AvgIpc) is 3.07. The molecular weight excluding hydrogens is 510 g/mol. The molecule has 3 nitrogen and oxygen atoms in total. The van der Waals surface area contributed by atoms with Gasteiger partial charge in [0.15, 0.2) is 0 Å². The molecule has 2 unspecified atom stereocenters. The third kappa shape index (κ3) is 5.43. The third-order valence-electron chi connectivity index (χ3n) is 7.88. The first-order valence-corrected chi connectivity index (χ1v) is 14.3. The van der Waals surface area contributed by atoms with Crippen molar-refractivity contribution >= 4 is 16.3 Å². The van der Waals surface area contributed by atoms with E-state index in [0.29, 0.717) is 0 Å². The SMILES string of the molecule is C=C(/C=C\C=C/NC)c1ccc(-c2cccc(C3(c4ccccc4)NC=CC(c4cccc5ccccc45)N3)c2)cc1. The molecule has 0 spiro atoms. The molecule has 5 aromatic carbocycles. The Morgan fingerprint density at radius 3 is 2.33 bits per heavy atom. The molecule has 0 radical (unpaired) electrons. The topological polar surface area (TPSA) is 36.1 Å². The van der Waals surface area contributed by atoms with Gasteiger partial charge in [-0.25, -0.2) is 0 Å². The molecule has 3 N–H and O–H groups in total. The molecule has 42 heavy (non-hydrogen) atoms. The van der Waals surface area contributed by atoms with Crippen molar-refractivity contribution in [3.05, 3.63) is 187 Å². The van der Waals surface area contributed by atoms with E-state index >= 15 is 0 Å². The van der Waals surface area contributed by atoms with E-state index in [1.807, 2.05) is 31.5 Å². The van der Waals surface area contributed by atoms with E-state index in [1.54, 1.807) is 0 Å². The monoisotopic (exact) mass is 545 g/mol. The van der Waals surface area contributed by atoms with Gasteiger partial charge in [0.2, 0.25) is 0 Å². The van der Waals surface area contributed by atoms with Crippen molar-refractivity contribution in [2.45, 2.75) is 11.7 Å². The number of benzene rings is 5. The molecule has 6 rings (SSSR count). The van der Waals surface area contributed by atoms with Crippen LogP contribution in [0.2, 0.25) is 0 Å². The van der Waals surface area contributed by atoms with Crippen LogP contribution < -0.4 is 16.0 Å². The number of hydrogen-bond donors (Lipinski definition) is 3. The number of hydrogen-bond acceptors (Lipinski definition) is 3. The molecule has 5 aromatic rings. The van der Waals surface area contributed by atoms with Crippen LogP contribution in [0.3, 0.4) is 0 Å². The molecule has 1 aliphatic heterocycles. The van der Waals surface area contributed by atoms with Crippen molar-refractivity contribution in [3.8, 4) is 11.1 Å². The zero-order valence-corrected chi connectivity index (χ0v) is 23.8. The van der Waals surface area contributed by atoms with E-state index in [4.69, 9.17) is 0 Å². The van der Waals surface area contributed by atoms with Crippen molar-refractivity contribution in [3.63, 3.8) is 0 Å². The normalized spacial score (nSPS) is 18.4. The quantitative estimate of drug-likeness (QED) is 0.171. The summed E-state index contributed by atoms with van der Waals surface area (Å²) in [6.07, 6.45) is 12.2. The standard InChI is InChI=1S/C39H35N3/c1-29(12-8-9-26-40-2)30-21-23-31(24-22-30)33-15-10-18-35(28-33)39(34-16-4-3-5-17-34)41-27-25-38(42-39)37-20-11-14-32-13-6-7-19-36(32)37/h3-28,38,40-42H,1H2,2H3/b12-8-,26-9-. The molecule has 0 aromatic heterocycles. The summed E-state index contributed by atoms with van der Waals surface area (Å²) in [6, 6.07) is 43.2. The highest BCUT2D eigenvalue weighted by Crippen LogP contribution is 2.37. The van der Waals surface area contributed by atoms with E-state index in [9.17, 15) is 0 Å². The van der Waals surface area contributed by atoms with Crippen LogP contribution >= 0.6 is 0 Å². The predicted octanol–water partition coefficient (Wildman–Crippen LogP) is 8.46. The minimum atomic E-state index is -0.618. The highest BCUT2D eigenvalue weighted by atomic mass is 15.2. The summed E-state index contributed by atoms with van der Waals surface area (Å²) in [5, 5.41) is 13.2. The molecule has 0 bridgehead atoms. The summed E-state index contributed by atoms with van der Waals surface area (Å²) in [5.74, 6) is 0. The first-order valence-electron chi connectivity index (χ1n) is 14.3. The Labute approximate surface area is 248 Å². The van der Waals surface area contributed by atoms with E-state index in [1.165, 1.54) is 16.3 Å². The van der Waals surface area contributed by atoms with Crippen molar-refractivity contribution < 1.29 is 0 Å². The highest BCUT2D eigenvalue weighted by Gasteiger charge is 2.37. The highest BCUT2D eigenvalue weighted by molar-refractivity contribution is 5.86. The summed E-state index contributed by atoms with van der Waals surface area (Å²) in [4.78, 5) is 0. The molecule has 1 aliphatic rings. The van der Waals surface area contributed by atoms with Gasteiger partial charge in [0.25, 0.3) is 0 Å². The van der Waals surface area contributed by atoms with E-state index < -0.39 is 5.66 Å². The van der Waals surface area contributed by atoms with Gasteiger partial charge < -0.3 is 10.6 Å². The number of allylic oxidation sites excluding steroid dienone is 4. The van der Waals surface area contributed by atoms with Crippen LogP contribution in [0.4, 0.5) is 0 Å². The Kier molecular flexibility index (Phi) is 7.85. The van der Waals surface area contributed by atoms with E-state index in [-0.39, 0.29) is 6.04 Å². The van der Waals surface area contributed by atoms with E-state index in [2.05, 4.69) is 156 Å². The lowest BCUT2D eigenvalue weighted by atomic mass is 9.85. The number of rotatable bonds is 8. The lowest BCUT2D eigenvalue weighted by Crippen LogP contribution is -2.56. The maximum absolute atomic E-state index is 4.23. The second kappa shape index (κ2) is 12.2. The summed E-state index contributed by atoms with van der Waals surface area (Å²) < 4.78 is 0. The largest absolute Gasteiger partial charge is 0.394 e. The second-order valence-corrected chi connectivity index (χ2v) is 10.5. The molecule has 0 aliphatic carbocycles. The second-order valence-electron chi connectivity index (χ2n) is 10.5. The van der Waals surface area contributed by atoms with Crippen molar-refractivity contribution in [1.82, 2.24) is 16.0 Å². The van der Waals surface area contributed by atoms with Gasteiger partial charge >= 0.3 is 0 Å². The first kappa shape index (κ1) is 27.1. The molecular formula is C39H35N3. The number of nitrogens with one attached hydrogen (secondary N) is 3. The van der Waals surface area contributed by atoms with Crippen LogP contribution in [0.1, 0.15) is 28.3 Å². The molecule has 0 amide bonds. The van der Waals surface area contributed by atoms with Gasteiger partial charge in [0.1, 0.15) is 5.66 Å². The Hall–Kier alpha value is -5.12. The maximum Gasteiger partial charge on any atom is 0.141 e. The zero-order chi connectivity index (χ0) is 28.8. The maximum atomic E-state index is 4.23. The van der Waals surface area contributed by atoms with Gasteiger partial charge in [-0.05, 0) is 80.3 Å². The van der Waals surface area contributed by atoms with Crippen molar-refractivity contribution in [2.75, 3.05) is 7.05 Å². The number of fused-ring (bicyclic) bond motifs is 1. The minimum Gasteiger partial charge on any atom is -0.394 e. The van der Waals surface area contributed by atoms with Crippen molar-refractivity contribution in [2.24, 2.45) is 0 Å².